The van der Waals surface area contributed by atoms with Crippen molar-refractivity contribution in [2.24, 2.45) is 0 Å². The molecule has 0 saturated heterocycles. The molecule has 0 aromatic heterocycles. The second-order valence-corrected chi connectivity index (χ2v) is 3.24. The topological polar surface area (TPSA) is 34.1 Å². The van der Waals surface area contributed by atoms with Gasteiger partial charge in [0.2, 0.25) is 10.9 Å². The Hall–Kier alpha value is -1.18. The summed E-state index contributed by atoms with van der Waals surface area (Å²) in [4.78, 5) is 21.8. The first-order chi connectivity index (χ1) is 6.18. The van der Waals surface area contributed by atoms with Crippen molar-refractivity contribution in [3.05, 3.63) is 37.6 Å². The summed E-state index contributed by atoms with van der Waals surface area (Å²) in [6.07, 6.45) is 7.00. The molecule has 1 aromatic rings. The van der Waals surface area contributed by atoms with Gasteiger partial charge in [-0.25, -0.2) is 0 Å². The monoisotopic (exact) mass is 178 g/mol. The maximum absolute atomic E-state index is 11.0. The first kappa shape index (κ1) is 9.90. The van der Waals surface area contributed by atoms with E-state index in [1.54, 1.807) is 13.0 Å². The molecule has 0 spiro atoms. The van der Waals surface area contributed by atoms with E-state index in [4.69, 9.17) is 0 Å². The highest BCUT2D eigenvalue weighted by Crippen LogP contribution is 2.03. The lowest BCUT2D eigenvalue weighted by molar-refractivity contribution is 0.816. The average molecular weight is 178 g/mol. The molecule has 13 heavy (non-hydrogen) atoms. The van der Waals surface area contributed by atoms with Gasteiger partial charge in [-0.3, -0.25) is 9.59 Å². The molecule has 0 aliphatic carbocycles. The molecule has 1 aromatic carbocycles. The Morgan fingerprint density at radius 1 is 1.23 bits per heavy atom. The van der Waals surface area contributed by atoms with Crippen LogP contribution in [0.2, 0.25) is 0 Å². The molecular weight excluding hydrogens is 164 g/mol. The summed E-state index contributed by atoms with van der Waals surface area (Å²) >= 11 is 0. The van der Waals surface area contributed by atoms with Crippen LogP contribution in [0.5, 0.6) is 0 Å². The summed E-state index contributed by atoms with van der Waals surface area (Å²) in [7, 11) is 0. The van der Waals surface area contributed by atoms with Gasteiger partial charge in [0.1, 0.15) is 0 Å². The molecule has 70 valence electrons. The zero-order valence-electron chi connectivity index (χ0n) is 8.09. The van der Waals surface area contributed by atoms with Crippen LogP contribution in [0, 0.1) is 6.92 Å². The number of allylic oxidation sites excluding steroid dienone is 1. The molecule has 2 heteroatoms. The molecule has 0 amide bonds. The molecular formula is C11H14O2. The van der Waals surface area contributed by atoms with Crippen LogP contribution in [-0.4, -0.2) is 0 Å². The van der Waals surface area contributed by atoms with E-state index in [0.29, 0.717) is 11.1 Å². The van der Waals surface area contributed by atoms with Crippen molar-refractivity contribution >= 4 is 6.08 Å². The molecule has 0 heterocycles. The smallest absolute Gasteiger partial charge is 0.233 e. The zero-order valence-corrected chi connectivity index (χ0v) is 8.09. The molecule has 0 aliphatic heterocycles. The van der Waals surface area contributed by atoms with Gasteiger partial charge in [-0.1, -0.05) is 31.9 Å². The van der Waals surface area contributed by atoms with Gasteiger partial charge in [-0.05, 0) is 13.3 Å². The first-order valence-electron chi connectivity index (χ1n) is 4.65. The highest BCUT2D eigenvalue weighted by molar-refractivity contribution is 5.56. The fourth-order valence-corrected chi connectivity index (χ4v) is 1.25. The van der Waals surface area contributed by atoms with Crippen molar-refractivity contribution in [3.63, 3.8) is 0 Å². The Labute approximate surface area is 77.6 Å². The fraction of sp³-hybridized carbons (Fsp3) is 0.455. The molecule has 0 atom stereocenters. The summed E-state index contributed by atoms with van der Waals surface area (Å²) < 4.78 is 0. The van der Waals surface area contributed by atoms with E-state index in [2.05, 4.69) is 6.92 Å². The van der Waals surface area contributed by atoms with Gasteiger partial charge in [-0.2, -0.15) is 0 Å². The maximum Gasteiger partial charge on any atom is 0.233 e. The van der Waals surface area contributed by atoms with Crippen molar-refractivity contribution in [2.75, 3.05) is 0 Å². The van der Waals surface area contributed by atoms with Gasteiger partial charge in [0, 0.05) is 11.1 Å². The number of rotatable bonds is 4. The molecule has 1 rings (SSSR count). The third kappa shape index (κ3) is 1.94. The molecule has 0 saturated carbocycles. The lowest BCUT2D eigenvalue weighted by Gasteiger charge is -1.99. The second-order valence-electron chi connectivity index (χ2n) is 3.24. The first-order valence-corrected chi connectivity index (χ1v) is 4.65. The normalized spacial score (nSPS) is 11.5. The summed E-state index contributed by atoms with van der Waals surface area (Å²) in [5, 5.41) is 0. The summed E-state index contributed by atoms with van der Waals surface area (Å²) in [5.41, 5.74) is 0.555. The minimum atomic E-state index is -0.328. The Balaban J connectivity index is 2.61. The van der Waals surface area contributed by atoms with Crippen molar-refractivity contribution < 1.29 is 0 Å². The predicted octanol–water partition coefficient (Wildman–Crippen LogP) is 1.79. The molecule has 2 nitrogen and oxygen atoms in total. The van der Waals surface area contributed by atoms with Crippen LogP contribution in [0.25, 0.3) is 6.08 Å². The van der Waals surface area contributed by atoms with Crippen LogP contribution in [0.4, 0.5) is 0 Å². The van der Waals surface area contributed by atoms with Crippen LogP contribution in [0.1, 0.15) is 37.3 Å². The SMILES string of the molecule is CCCC/C=C/c1c(C)c(=O)c1=O. The van der Waals surface area contributed by atoms with E-state index in [1.807, 2.05) is 6.08 Å². The Morgan fingerprint density at radius 3 is 2.46 bits per heavy atom. The third-order valence-corrected chi connectivity index (χ3v) is 2.20. The third-order valence-electron chi connectivity index (χ3n) is 2.20. The van der Waals surface area contributed by atoms with Crippen LogP contribution in [-0.2, 0) is 0 Å². The van der Waals surface area contributed by atoms with Gasteiger partial charge in [-0.15, -0.1) is 0 Å². The maximum atomic E-state index is 11.0. The Bertz CT molecular complexity index is 379. The molecule has 0 aliphatic rings. The highest BCUT2D eigenvalue weighted by Gasteiger charge is 2.12. The van der Waals surface area contributed by atoms with Gasteiger partial charge in [0.15, 0.2) is 0 Å². The molecule has 0 N–H and O–H groups in total. The van der Waals surface area contributed by atoms with Crippen molar-refractivity contribution in [2.45, 2.75) is 33.1 Å². The van der Waals surface area contributed by atoms with Crippen LogP contribution in [0.3, 0.4) is 0 Å². The van der Waals surface area contributed by atoms with Gasteiger partial charge in [0.05, 0.1) is 0 Å². The number of hydrogen-bond donors (Lipinski definition) is 0. The van der Waals surface area contributed by atoms with E-state index in [1.165, 1.54) is 0 Å². The van der Waals surface area contributed by atoms with E-state index < -0.39 is 0 Å². The highest BCUT2D eigenvalue weighted by atomic mass is 16.2. The number of unbranched alkanes of at least 4 members (excludes halogenated alkanes) is 2. The summed E-state index contributed by atoms with van der Waals surface area (Å²) in [6.45, 7) is 3.82. The van der Waals surface area contributed by atoms with Crippen LogP contribution in [0.15, 0.2) is 15.7 Å². The van der Waals surface area contributed by atoms with Gasteiger partial charge < -0.3 is 0 Å². The van der Waals surface area contributed by atoms with Crippen molar-refractivity contribution in [3.8, 4) is 0 Å². The van der Waals surface area contributed by atoms with E-state index in [-0.39, 0.29) is 10.9 Å². The molecule has 0 radical (unpaired) electrons. The van der Waals surface area contributed by atoms with Gasteiger partial charge >= 0.3 is 0 Å². The minimum Gasteiger partial charge on any atom is -0.285 e. The average Bonchev–Trinajstić information content (AvgIpc) is 2.16. The lowest BCUT2D eigenvalue weighted by Crippen LogP contribution is -2.36. The molecule has 0 fully saturated rings. The number of hydrogen-bond acceptors (Lipinski definition) is 2. The molecule has 0 bridgehead atoms. The Morgan fingerprint density at radius 2 is 1.92 bits per heavy atom. The minimum absolute atomic E-state index is 0.324. The molecule has 0 unspecified atom stereocenters. The van der Waals surface area contributed by atoms with E-state index in [0.717, 1.165) is 19.3 Å². The van der Waals surface area contributed by atoms with Crippen LogP contribution < -0.4 is 10.9 Å². The van der Waals surface area contributed by atoms with Gasteiger partial charge in [0.25, 0.3) is 0 Å². The Kier molecular flexibility index (Phi) is 3.18. The van der Waals surface area contributed by atoms with Crippen LogP contribution >= 0.6 is 0 Å². The quantitative estimate of drug-likeness (QED) is 0.520. The zero-order chi connectivity index (χ0) is 9.84. The largest absolute Gasteiger partial charge is 0.285 e. The lowest BCUT2D eigenvalue weighted by atomic mass is 10.0. The van der Waals surface area contributed by atoms with Crippen molar-refractivity contribution in [1.82, 2.24) is 0 Å². The van der Waals surface area contributed by atoms with E-state index >= 15 is 0 Å². The second kappa shape index (κ2) is 4.17. The summed E-state index contributed by atoms with van der Waals surface area (Å²) in [6, 6.07) is 0. The fourth-order valence-electron chi connectivity index (χ4n) is 1.25. The van der Waals surface area contributed by atoms with E-state index in [9.17, 15) is 9.59 Å². The van der Waals surface area contributed by atoms with Crippen molar-refractivity contribution in [1.29, 1.82) is 0 Å². The standard InChI is InChI=1S/C11H14O2/c1-3-4-5-6-7-9-8(2)10(12)11(9)13/h6-7H,3-5H2,1-2H3/b7-6+. The summed E-state index contributed by atoms with van der Waals surface area (Å²) in [5.74, 6) is 0. The predicted molar refractivity (Wildman–Crippen MR) is 54.7 cm³/mol.